The molecule has 21 heavy (non-hydrogen) atoms. The molecule has 2 aromatic rings. The number of carbonyl (C=O) groups excluding carboxylic acids is 1. The first-order valence-corrected chi connectivity index (χ1v) is 7.19. The third-order valence-corrected chi connectivity index (χ3v) is 3.95. The van der Waals surface area contributed by atoms with Crippen LogP contribution in [0.2, 0.25) is 5.02 Å². The average molecular weight is 305 g/mol. The van der Waals surface area contributed by atoms with Gasteiger partial charge in [-0.2, -0.15) is 0 Å². The van der Waals surface area contributed by atoms with Crippen LogP contribution in [0, 0.1) is 5.82 Å². The summed E-state index contributed by atoms with van der Waals surface area (Å²) in [7, 11) is 0. The Kier molecular flexibility index (Phi) is 4.04. The summed E-state index contributed by atoms with van der Waals surface area (Å²) in [5, 5.41) is 0.0606. The van der Waals surface area contributed by atoms with Gasteiger partial charge in [0.15, 0.2) is 5.78 Å². The molecule has 2 aromatic carbocycles. The van der Waals surface area contributed by atoms with Gasteiger partial charge in [0.2, 0.25) is 0 Å². The molecule has 0 fully saturated rings. The van der Waals surface area contributed by atoms with E-state index >= 15 is 0 Å². The summed E-state index contributed by atoms with van der Waals surface area (Å²) in [6.07, 6.45) is 0.386. The predicted molar refractivity (Wildman–Crippen MR) is 79.0 cm³/mol. The molecule has 0 bridgehead atoms. The van der Waals surface area contributed by atoms with Crippen molar-refractivity contribution in [1.82, 2.24) is 0 Å². The van der Waals surface area contributed by atoms with Crippen LogP contribution < -0.4 is 0 Å². The van der Waals surface area contributed by atoms with Gasteiger partial charge >= 0.3 is 0 Å². The average Bonchev–Trinajstić information content (AvgIpc) is 2.50. The molecule has 3 rings (SSSR count). The highest BCUT2D eigenvalue weighted by molar-refractivity contribution is 6.30. The van der Waals surface area contributed by atoms with Crippen molar-refractivity contribution in [3.05, 3.63) is 70.0 Å². The highest BCUT2D eigenvalue weighted by atomic mass is 35.5. The molecule has 4 heteroatoms. The number of benzene rings is 2. The summed E-state index contributed by atoms with van der Waals surface area (Å²) >= 11 is 5.65. The molecule has 0 spiro atoms. The molecule has 1 atom stereocenters. The Balaban J connectivity index is 1.81. The van der Waals surface area contributed by atoms with E-state index in [1.165, 1.54) is 12.1 Å². The van der Waals surface area contributed by atoms with Crippen molar-refractivity contribution >= 4 is 17.4 Å². The minimum atomic E-state index is -0.561. The maximum atomic E-state index is 13.4. The molecule has 0 amide bonds. The number of hydrogen-bond acceptors (Lipinski definition) is 2. The molecule has 0 N–H and O–H groups in total. The number of Topliss-reactive ketones (excluding diaryl/α,β-unsaturated/α-hetero) is 1. The van der Waals surface area contributed by atoms with Crippen molar-refractivity contribution in [1.29, 1.82) is 0 Å². The van der Waals surface area contributed by atoms with Crippen LogP contribution in [0.25, 0.3) is 0 Å². The summed E-state index contributed by atoms with van der Waals surface area (Å²) in [6, 6.07) is 12.2. The molecule has 1 aliphatic rings. The van der Waals surface area contributed by atoms with E-state index in [0.29, 0.717) is 12.2 Å². The highest BCUT2D eigenvalue weighted by Crippen LogP contribution is 2.29. The number of rotatable bonds is 3. The van der Waals surface area contributed by atoms with Gasteiger partial charge in [0, 0.05) is 6.42 Å². The lowest BCUT2D eigenvalue weighted by molar-refractivity contribution is -0.131. The van der Waals surface area contributed by atoms with E-state index in [4.69, 9.17) is 16.3 Å². The van der Waals surface area contributed by atoms with Crippen LogP contribution in [0.4, 0.5) is 4.39 Å². The fraction of sp³-hybridized carbons (Fsp3) is 0.235. The summed E-state index contributed by atoms with van der Waals surface area (Å²) in [5.74, 6) is -0.573. The lowest BCUT2D eigenvalue weighted by Gasteiger charge is -2.25. The molecule has 2 nitrogen and oxygen atoms in total. The van der Waals surface area contributed by atoms with E-state index < -0.39 is 11.9 Å². The monoisotopic (exact) mass is 304 g/mol. The molecule has 1 aliphatic heterocycles. The van der Waals surface area contributed by atoms with Crippen molar-refractivity contribution in [3.63, 3.8) is 0 Å². The first kappa shape index (κ1) is 14.2. The number of carbonyl (C=O) groups is 1. The van der Waals surface area contributed by atoms with Crippen molar-refractivity contribution in [2.75, 3.05) is 6.61 Å². The lowest BCUT2D eigenvalue weighted by atomic mass is 9.93. The van der Waals surface area contributed by atoms with Crippen LogP contribution in [0.15, 0.2) is 42.5 Å². The van der Waals surface area contributed by atoms with Crippen molar-refractivity contribution in [3.8, 4) is 0 Å². The van der Waals surface area contributed by atoms with Gasteiger partial charge in [-0.05, 0) is 35.2 Å². The number of fused-ring (bicyclic) bond motifs is 1. The minimum Gasteiger partial charge on any atom is -0.365 e. The SMILES string of the molecule is O=C(Cc1ccc(Cl)c(F)c1)C1OCCc2ccccc21. The Morgan fingerprint density at radius 1 is 1.29 bits per heavy atom. The highest BCUT2D eigenvalue weighted by Gasteiger charge is 2.27. The van der Waals surface area contributed by atoms with Gasteiger partial charge in [-0.1, -0.05) is 41.9 Å². The van der Waals surface area contributed by atoms with Crippen molar-refractivity contribution < 1.29 is 13.9 Å². The molecule has 1 unspecified atom stereocenters. The molecular formula is C17H14ClFO2. The number of ketones is 1. The van der Waals surface area contributed by atoms with Crippen LogP contribution in [-0.4, -0.2) is 12.4 Å². The summed E-state index contributed by atoms with van der Waals surface area (Å²) in [4.78, 5) is 12.4. The fourth-order valence-corrected chi connectivity index (χ4v) is 2.72. The van der Waals surface area contributed by atoms with E-state index in [0.717, 1.165) is 17.5 Å². The van der Waals surface area contributed by atoms with Crippen LogP contribution in [0.3, 0.4) is 0 Å². The molecule has 0 radical (unpaired) electrons. The molecule has 0 saturated heterocycles. The lowest BCUT2D eigenvalue weighted by Crippen LogP contribution is -2.24. The smallest absolute Gasteiger partial charge is 0.170 e. The summed E-state index contributed by atoms with van der Waals surface area (Å²) < 4.78 is 19.1. The van der Waals surface area contributed by atoms with Gasteiger partial charge in [-0.15, -0.1) is 0 Å². The number of hydrogen-bond donors (Lipinski definition) is 0. The molecule has 0 aliphatic carbocycles. The predicted octanol–water partition coefficient (Wildman–Crippen LogP) is 3.90. The second kappa shape index (κ2) is 5.96. The van der Waals surface area contributed by atoms with Gasteiger partial charge in [0.1, 0.15) is 11.9 Å². The van der Waals surface area contributed by atoms with E-state index in [9.17, 15) is 9.18 Å². The van der Waals surface area contributed by atoms with Gasteiger partial charge in [0.05, 0.1) is 11.6 Å². The molecular weight excluding hydrogens is 291 g/mol. The Bertz CT molecular complexity index is 684. The molecule has 0 aromatic heterocycles. The van der Waals surface area contributed by atoms with Crippen LogP contribution in [0.5, 0.6) is 0 Å². The van der Waals surface area contributed by atoms with Gasteiger partial charge in [0.25, 0.3) is 0 Å². The van der Waals surface area contributed by atoms with E-state index in [2.05, 4.69) is 0 Å². The number of ether oxygens (including phenoxy) is 1. The normalized spacial score (nSPS) is 17.3. The Hall–Kier alpha value is -1.71. The molecule has 0 saturated carbocycles. The zero-order valence-corrected chi connectivity index (χ0v) is 12.1. The van der Waals surface area contributed by atoms with Gasteiger partial charge in [-0.25, -0.2) is 4.39 Å². The third-order valence-electron chi connectivity index (χ3n) is 3.65. The molecule has 1 heterocycles. The van der Waals surface area contributed by atoms with Crippen LogP contribution in [0.1, 0.15) is 22.8 Å². The maximum absolute atomic E-state index is 13.4. The first-order valence-electron chi connectivity index (χ1n) is 6.81. The van der Waals surface area contributed by atoms with Crippen molar-refractivity contribution in [2.45, 2.75) is 18.9 Å². The van der Waals surface area contributed by atoms with E-state index in [1.807, 2.05) is 24.3 Å². The zero-order valence-electron chi connectivity index (χ0n) is 11.3. The van der Waals surface area contributed by atoms with Gasteiger partial charge in [-0.3, -0.25) is 4.79 Å². The summed E-state index contributed by atoms with van der Waals surface area (Å²) in [6.45, 7) is 0.530. The maximum Gasteiger partial charge on any atom is 0.170 e. The summed E-state index contributed by atoms with van der Waals surface area (Å²) in [5.41, 5.74) is 2.67. The Morgan fingerprint density at radius 2 is 2.10 bits per heavy atom. The van der Waals surface area contributed by atoms with Crippen LogP contribution in [-0.2, 0) is 22.4 Å². The molecule has 108 valence electrons. The third kappa shape index (κ3) is 2.99. The largest absolute Gasteiger partial charge is 0.365 e. The van der Waals surface area contributed by atoms with Crippen LogP contribution >= 0.6 is 11.6 Å². The Labute approximate surface area is 127 Å². The quantitative estimate of drug-likeness (QED) is 0.859. The van der Waals surface area contributed by atoms with E-state index in [1.54, 1.807) is 6.07 Å². The topological polar surface area (TPSA) is 26.3 Å². The second-order valence-corrected chi connectivity index (χ2v) is 5.50. The fourth-order valence-electron chi connectivity index (χ4n) is 2.60. The minimum absolute atomic E-state index is 0.0606. The standard InChI is InChI=1S/C17H14ClFO2/c18-14-6-5-11(9-15(14)19)10-16(20)17-13-4-2-1-3-12(13)7-8-21-17/h1-6,9,17H,7-8,10H2. The van der Waals surface area contributed by atoms with Gasteiger partial charge < -0.3 is 4.74 Å². The first-order chi connectivity index (χ1) is 10.1. The number of halogens is 2. The zero-order chi connectivity index (χ0) is 14.8. The second-order valence-electron chi connectivity index (χ2n) is 5.09. The van der Waals surface area contributed by atoms with Crippen molar-refractivity contribution in [2.24, 2.45) is 0 Å². The van der Waals surface area contributed by atoms with E-state index in [-0.39, 0.29) is 17.2 Å². The Morgan fingerprint density at radius 3 is 2.90 bits per heavy atom.